The molecule has 4 nitrogen and oxygen atoms in total. The Balaban J connectivity index is 1.50. The third-order valence-corrected chi connectivity index (χ3v) is 4.03. The van der Waals surface area contributed by atoms with Gasteiger partial charge in [-0.05, 0) is 31.0 Å². The number of aliphatic hydroxyl groups is 1. The third-order valence-electron chi connectivity index (χ3n) is 4.03. The molecule has 2 aromatic rings. The molecule has 1 fully saturated rings. The molecule has 1 aromatic heterocycles. The Bertz CT molecular complexity index is 644. The molecule has 130 valence electrons. The SMILES string of the molecule is OC(COCc1ccco1)CN(Cc1ccc(F)cc1F)C1CC1. The lowest BCUT2D eigenvalue weighted by molar-refractivity contribution is 0.00231. The first-order chi connectivity index (χ1) is 11.6. The summed E-state index contributed by atoms with van der Waals surface area (Å²) >= 11 is 0. The number of rotatable bonds is 9. The van der Waals surface area contributed by atoms with Crippen molar-refractivity contribution < 1.29 is 23.0 Å². The molecule has 1 unspecified atom stereocenters. The van der Waals surface area contributed by atoms with Crippen LogP contribution in [-0.4, -0.2) is 35.3 Å². The number of aliphatic hydroxyl groups excluding tert-OH is 1. The van der Waals surface area contributed by atoms with Gasteiger partial charge in [0.1, 0.15) is 24.0 Å². The molecule has 0 aliphatic heterocycles. The van der Waals surface area contributed by atoms with Crippen LogP contribution in [0.15, 0.2) is 41.0 Å². The second kappa shape index (κ2) is 7.88. The van der Waals surface area contributed by atoms with E-state index in [0.29, 0.717) is 37.1 Å². The van der Waals surface area contributed by atoms with Crippen molar-refractivity contribution in [1.29, 1.82) is 0 Å². The monoisotopic (exact) mass is 337 g/mol. The van der Waals surface area contributed by atoms with Crippen LogP contribution in [0.3, 0.4) is 0 Å². The van der Waals surface area contributed by atoms with E-state index in [0.717, 1.165) is 18.9 Å². The van der Waals surface area contributed by atoms with Gasteiger partial charge in [-0.2, -0.15) is 0 Å². The van der Waals surface area contributed by atoms with Crippen LogP contribution in [0.2, 0.25) is 0 Å². The zero-order valence-corrected chi connectivity index (χ0v) is 13.3. The zero-order valence-electron chi connectivity index (χ0n) is 13.3. The van der Waals surface area contributed by atoms with Crippen LogP contribution < -0.4 is 0 Å². The summed E-state index contributed by atoms with van der Waals surface area (Å²) in [5.74, 6) is -0.431. The maximum absolute atomic E-state index is 13.8. The number of furan rings is 1. The molecular weight excluding hydrogens is 316 g/mol. The highest BCUT2D eigenvalue weighted by Gasteiger charge is 2.30. The molecule has 6 heteroatoms. The van der Waals surface area contributed by atoms with Crippen LogP contribution in [0.1, 0.15) is 24.2 Å². The molecule has 0 amide bonds. The van der Waals surface area contributed by atoms with Gasteiger partial charge in [0.25, 0.3) is 0 Å². The van der Waals surface area contributed by atoms with E-state index in [-0.39, 0.29) is 6.61 Å². The molecule has 1 aliphatic rings. The molecule has 1 aliphatic carbocycles. The fourth-order valence-corrected chi connectivity index (χ4v) is 2.66. The van der Waals surface area contributed by atoms with Crippen molar-refractivity contribution in [2.24, 2.45) is 0 Å². The first-order valence-corrected chi connectivity index (χ1v) is 8.08. The van der Waals surface area contributed by atoms with E-state index in [1.165, 1.54) is 12.1 Å². The summed E-state index contributed by atoms with van der Waals surface area (Å²) in [5.41, 5.74) is 0.437. The highest BCUT2D eigenvalue weighted by atomic mass is 19.1. The molecule has 0 radical (unpaired) electrons. The molecule has 3 rings (SSSR count). The van der Waals surface area contributed by atoms with E-state index >= 15 is 0 Å². The number of halogens is 2. The second-order valence-corrected chi connectivity index (χ2v) is 6.14. The summed E-state index contributed by atoms with van der Waals surface area (Å²) in [6, 6.07) is 7.53. The molecule has 24 heavy (non-hydrogen) atoms. The van der Waals surface area contributed by atoms with Gasteiger partial charge in [0.2, 0.25) is 0 Å². The van der Waals surface area contributed by atoms with Crippen molar-refractivity contribution in [3.8, 4) is 0 Å². The average Bonchev–Trinajstić information content (AvgIpc) is 3.26. The maximum Gasteiger partial charge on any atom is 0.130 e. The summed E-state index contributed by atoms with van der Waals surface area (Å²) < 4.78 is 37.4. The summed E-state index contributed by atoms with van der Waals surface area (Å²) in [4.78, 5) is 2.03. The first-order valence-electron chi connectivity index (χ1n) is 8.08. The predicted molar refractivity (Wildman–Crippen MR) is 84.2 cm³/mol. The summed E-state index contributed by atoms with van der Waals surface area (Å²) in [7, 11) is 0. The van der Waals surface area contributed by atoms with Crippen molar-refractivity contribution in [2.75, 3.05) is 13.2 Å². The highest BCUT2D eigenvalue weighted by Crippen LogP contribution is 2.29. The van der Waals surface area contributed by atoms with Crippen LogP contribution in [0, 0.1) is 11.6 Å². The maximum atomic E-state index is 13.8. The Morgan fingerprint density at radius 2 is 2.12 bits per heavy atom. The second-order valence-electron chi connectivity index (χ2n) is 6.14. The van der Waals surface area contributed by atoms with Crippen LogP contribution in [0.25, 0.3) is 0 Å². The molecular formula is C18H21F2NO3. The van der Waals surface area contributed by atoms with Gasteiger partial charge in [-0.15, -0.1) is 0 Å². The molecule has 1 atom stereocenters. The largest absolute Gasteiger partial charge is 0.467 e. The number of hydrogen-bond donors (Lipinski definition) is 1. The van der Waals surface area contributed by atoms with Crippen LogP contribution in [0.4, 0.5) is 8.78 Å². The Kier molecular flexibility index (Phi) is 5.60. The molecule has 1 N–H and O–H groups in total. The Labute approximate surface area is 139 Å². The van der Waals surface area contributed by atoms with Crippen molar-refractivity contribution in [2.45, 2.75) is 38.1 Å². The normalized spacial score (nSPS) is 15.8. The minimum Gasteiger partial charge on any atom is -0.467 e. The van der Waals surface area contributed by atoms with E-state index in [9.17, 15) is 13.9 Å². The van der Waals surface area contributed by atoms with Crippen molar-refractivity contribution >= 4 is 0 Å². The standard InChI is InChI=1S/C18H21F2NO3/c19-14-4-3-13(18(20)8-14)9-21(15-5-6-15)10-16(22)11-23-12-17-2-1-7-24-17/h1-4,7-8,15-16,22H,5-6,9-12H2. The lowest BCUT2D eigenvalue weighted by Crippen LogP contribution is -2.36. The van der Waals surface area contributed by atoms with Gasteiger partial charge in [0.05, 0.1) is 19.0 Å². The van der Waals surface area contributed by atoms with Gasteiger partial charge in [-0.3, -0.25) is 4.90 Å². The van der Waals surface area contributed by atoms with Crippen LogP contribution in [0.5, 0.6) is 0 Å². The molecule has 1 saturated carbocycles. The van der Waals surface area contributed by atoms with E-state index in [1.54, 1.807) is 18.4 Å². The van der Waals surface area contributed by atoms with Gasteiger partial charge < -0.3 is 14.3 Å². The van der Waals surface area contributed by atoms with Crippen molar-refractivity contribution in [3.63, 3.8) is 0 Å². The fourth-order valence-electron chi connectivity index (χ4n) is 2.66. The smallest absolute Gasteiger partial charge is 0.130 e. The molecule has 1 heterocycles. The molecule has 1 aromatic carbocycles. The molecule has 0 bridgehead atoms. The van der Waals surface area contributed by atoms with Crippen molar-refractivity contribution in [3.05, 3.63) is 59.6 Å². The topological polar surface area (TPSA) is 45.8 Å². The lowest BCUT2D eigenvalue weighted by atomic mass is 10.2. The van der Waals surface area contributed by atoms with E-state index < -0.39 is 17.7 Å². The minimum absolute atomic E-state index is 0.176. The van der Waals surface area contributed by atoms with Crippen LogP contribution in [-0.2, 0) is 17.9 Å². The third kappa shape index (κ3) is 4.87. The van der Waals surface area contributed by atoms with Crippen LogP contribution >= 0.6 is 0 Å². The Hall–Kier alpha value is -1.76. The number of hydrogen-bond acceptors (Lipinski definition) is 4. The number of benzene rings is 1. The molecule has 0 saturated heterocycles. The summed E-state index contributed by atoms with van der Waals surface area (Å²) in [6.07, 6.45) is 2.95. The minimum atomic E-state index is -0.677. The first kappa shape index (κ1) is 17.1. The van der Waals surface area contributed by atoms with Gasteiger partial charge in [0.15, 0.2) is 0 Å². The number of ether oxygens (including phenoxy) is 1. The van der Waals surface area contributed by atoms with Gasteiger partial charge in [0, 0.05) is 30.8 Å². The van der Waals surface area contributed by atoms with E-state index in [2.05, 4.69) is 0 Å². The Morgan fingerprint density at radius 3 is 2.79 bits per heavy atom. The molecule has 0 spiro atoms. The van der Waals surface area contributed by atoms with Gasteiger partial charge in [-0.25, -0.2) is 8.78 Å². The highest BCUT2D eigenvalue weighted by molar-refractivity contribution is 5.18. The fraction of sp³-hybridized carbons (Fsp3) is 0.444. The van der Waals surface area contributed by atoms with Gasteiger partial charge in [-0.1, -0.05) is 6.07 Å². The summed E-state index contributed by atoms with van der Waals surface area (Å²) in [6.45, 7) is 1.22. The number of nitrogens with zero attached hydrogens (tertiary/aromatic N) is 1. The van der Waals surface area contributed by atoms with Crippen molar-refractivity contribution in [1.82, 2.24) is 4.90 Å². The lowest BCUT2D eigenvalue weighted by Gasteiger charge is -2.25. The zero-order chi connectivity index (χ0) is 16.9. The quantitative estimate of drug-likeness (QED) is 0.764. The van der Waals surface area contributed by atoms with E-state index in [1.807, 2.05) is 4.90 Å². The average molecular weight is 337 g/mol. The summed E-state index contributed by atoms with van der Waals surface area (Å²) in [5, 5.41) is 10.2. The predicted octanol–water partition coefficient (Wildman–Crippen LogP) is 3.10. The Morgan fingerprint density at radius 1 is 1.29 bits per heavy atom. The van der Waals surface area contributed by atoms with E-state index in [4.69, 9.17) is 9.15 Å². The van der Waals surface area contributed by atoms with Gasteiger partial charge >= 0.3 is 0 Å².